The van der Waals surface area contributed by atoms with Gasteiger partial charge in [-0.05, 0) is 29.7 Å². The van der Waals surface area contributed by atoms with Gasteiger partial charge in [-0.2, -0.15) is 0 Å². The topological polar surface area (TPSA) is 12.0 Å². The van der Waals surface area contributed by atoms with Gasteiger partial charge in [0, 0.05) is 23.9 Å². The van der Waals surface area contributed by atoms with Crippen LogP contribution in [0.1, 0.15) is 21.9 Å². The number of benzene rings is 1. The lowest BCUT2D eigenvalue weighted by molar-refractivity contribution is 0.537. The minimum absolute atomic E-state index is 0.696. The summed E-state index contributed by atoms with van der Waals surface area (Å²) in [5.74, 6) is 0.696. The van der Waals surface area contributed by atoms with E-state index in [1.165, 1.54) is 22.4 Å². The molecule has 0 bridgehead atoms. The Morgan fingerprint density at radius 3 is 2.88 bits per heavy atom. The van der Waals surface area contributed by atoms with Crippen molar-refractivity contribution in [1.29, 1.82) is 0 Å². The van der Waals surface area contributed by atoms with Gasteiger partial charge < -0.3 is 5.32 Å². The maximum atomic E-state index is 5.90. The number of hydrogen-bond donors (Lipinski definition) is 1. The number of halogens is 1. The van der Waals surface area contributed by atoms with Gasteiger partial charge in [0.25, 0.3) is 0 Å². The number of rotatable bonds is 4. The number of hydrogen-bond acceptors (Lipinski definition) is 2. The Morgan fingerprint density at radius 2 is 2.12 bits per heavy atom. The predicted octanol–water partition coefficient (Wildman–Crippen LogP) is 3.83. The summed E-state index contributed by atoms with van der Waals surface area (Å²) in [5.41, 5.74) is 3.03. The van der Waals surface area contributed by atoms with Crippen LogP contribution in [0.2, 0.25) is 4.34 Å². The molecule has 1 unspecified atom stereocenters. The first-order valence-electron chi connectivity index (χ1n) is 5.85. The van der Waals surface area contributed by atoms with Gasteiger partial charge in [-0.25, -0.2) is 0 Å². The Labute approximate surface area is 110 Å². The van der Waals surface area contributed by atoms with Crippen molar-refractivity contribution in [3.8, 4) is 0 Å². The van der Waals surface area contributed by atoms with Crippen molar-refractivity contribution in [2.45, 2.75) is 18.9 Å². The molecule has 1 atom stereocenters. The molecule has 0 aliphatic heterocycles. The summed E-state index contributed by atoms with van der Waals surface area (Å²) in [7, 11) is 0. The molecular weight excluding hydrogens is 250 g/mol. The fraction of sp³-hybridized carbons (Fsp3) is 0.286. The highest BCUT2D eigenvalue weighted by Crippen LogP contribution is 2.34. The Morgan fingerprint density at radius 1 is 1.24 bits per heavy atom. The van der Waals surface area contributed by atoms with Crippen LogP contribution in [0.15, 0.2) is 36.4 Å². The summed E-state index contributed by atoms with van der Waals surface area (Å²) in [6, 6.07) is 12.8. The second-order valence-corrected chi connectivity index (χ2v) is 6.24. The minimum Gasteiger partial charge on any atom is -0.311 e. The molecule has 1 aliphatic carbocycles. The van der Waals surface area contributed by atoms with Crippen LogP contribution in [-0.4, -0.2) is 6.54 Å². The van der Waals surface area contributed by atoms with Crippen LogP contribution in [0, 0.1) is 0 Å². The summed E-state index contributed by atoms with van der Waals surface area (Å²) < 4.78 is 0.871. The zero-order valence-electron chi connectivity index (χ0n) is 9.45. The van der Waals surface area contributed by atoms with Gasteiger partial charge in [0.15, 0.2) is 0 Å². The third-order valence-corrected chi connectivity index (χ3v) is 4.51. The molecule has 2 aromatic rings. The van der Waals surface area contributed by atoms with E-state index in [9.17, 15) is 0 Å². The lowest BCUT2D eigenvalue weighted by Gasteiger charge is -2.30. The Kier molecular flexibility index (Phi) is 3.19. The fourth-order valence-electron chi connectivity index (χ4n) is 2.36. The zero-order chi connectivity index (χ0) is 11.7. The van der Waals surface area contributed by atoms with E-state index in [4.69, 9.17) is 11.6 Å². The van der Waals surface area contributed by atoms with Crippen molar-refractivity contribution in [2.24, 2.45) is 0 Å². The van der Waals surface area contributed by atoms with E-state index in [2.05, 4.69) is 35.6 Å². The molecule has 1 aromatic heterocycles. The van der Waals surface area contributed by atoms with Gasteiger partial charge >= 0.3 is 0 Å². The molecule has 0 saturated carbocycles. The number of nitrogens with one attached hydrogen (secondary N) is 1. The van der Waals surface area contributed by atoms with Crippen molar-refractivity contribution in [3.63, 3.8) is 0 Å². The second-order valence-electron chi connectivity index (χ2n) is 4.44. The maximum absolute atomic E-state index is 5.90. The van der Waals surface area contributed by atoms with Crippen molar-refractivity contribution in [1.82, 2.24) is 5.32 Å². The summed E-state index contributed by atoms with van der Waals surface area (Å²) in [4.78, 5) is 1.31. The van der Waals surface area contributed by atoms with Crippen LogP contribution in [0.5, 0.6) is 0 Å². The smallest absolute Gasteiger partial charge is 0.0931 e. The van der Waals surface area contributed by atoms with E-state index < -0.39 is 0 Å². The average Bonchev–Trinajstić information content (AvgIpc) is 2.71. The van der Waals surface area contributed by atoms with Crippen molar-refractivity contribution in [2.75, 3.05) is 6.54 Å². The zero-order valence-corrected chi connectivity index (χ0v) is 11.0. The highest BCUT2D eigenvalue weighted by molar-refractivity contribution is 7.16. The molecule has 0 amide bonds. The van der Waals surface area contributed by atoms with Crippen molar-refractivity contribution in [3.05, 3.63) is 56.7 Å². The molecule has 88 valence electrons. The third-order valence-electron chi connectivity index (χ3n) is 3.28. The SMILES string of the molecule is Clc1ccc(CNCC2Cc3ccccc32)s1. The molecule has 1 nitrogen and oxygen atoms in total. The van der Waals surface area contributed by atoms with E-state index in [1.54, 1.807) is 11.3 Å². The first kappa shape index (κ1) is 11.3. The van der Waals surface area contributed by atoms with Crippen LogP contribution in [-0.2, 0) is 13.0 Å². The van der Waals surface area contributed by atoms with Gasteiger partial charge in [-0.3, -0.25) is 0 Å². The number of thiophene rings is 1. The molecule has 1 aromatic carbocycles. The van der Waals surface area contributed by atoms with Gasteiger partial charge in [0.1, 0.15) is 0 Å². The fourth-order valence-corrected chi connectivity index (χ4v) is 3.42. The Balaban J connectivity index is 1.51. The second kappa shape index (κ2) is 4.81. The molecule has 0 saturated heterocycles. The molecule has 1 aliphatic rings. The molecule has 1 heterocycles. The molecule has 3 heteroatoms. The van der Waals surface area contributed by atoms with Crippen molar-refractivity contribution < 1.29 is 0 Å². The van der Waals surface area contributed by atoms with Gasteiger partial charge in [0.2, 0.25) is 0 Å². The van der Waals surface area contributed by atoms with Crippen molar-refractivity contribution >= 4 is 22.9 Å². The summed E-state index contributed by atoms with van der Waals surface area (Å²) in [6.07, 6.45) is 1.22. The van der Waals surface area contributed by atoms with Crippen LogP contribution in [0.25, 0.3) is 0 Å². The first-order valence-corrected chi connectivity index (χ1v) is 7.05. The monoisotopic (exact) mass is 263 g/mol. The molecule has 3 rings (SSSR count). The van der Waals surface area contributed by atoms with Gasteiger partial charge in [-0.15, -0.1) is 11.3 Å². The van der Waals surface area contributed by atoms with E-state index >= 15 is 0 Å². The molecule has 1 N–H and O–H groups in total. The molecule has 0 radical (unpaired) electrons. The van der Waals surface area contributed by atoms with Crippen LogP contribution in [0.3, 0.4) is 0 Å². The molecule has 0 spiro atoms. The summed E-state index contributed by atoms with van der Waals surface area (Å²) >= 11 is 7.55. The minimum atomic E-state index is 0.696. The van der Waals surface area contributed by atoms with Crippen LogP contribution >= 0.6 is 22.9 Å². The maximum Gasteiger partial charge on any atom is 0.0931 e. The predicted molar refractivity (Wildman–Crippen MR) is 73.9 cm³/mol. The highest BCUT2D eigenvalue weighted by atomic mass is 35.5. The largest absolute Gasteiger partial charge is 0.311 e. The van der Waals surface area contributed by atoms with Gasteiger partial charge in [-0.1, -0.05) is 35.9 Å². The molecule has 0 fully saturated rings. The van der Waals surface area contributed by atoms with Crippen LogP contribution < -0.4 is 5.32 Å². The quantitative estimate of drug-likeness (QED) is 0.884. The van der Waals surface area contributed by atoms with E-state index in [0.29, 0.717) is 5.92 Å². The van der Waals surface area contributed by atoms with E-state index in [-0.39, 0.29) is 0 Å². The standard InChI is InChI=1S/C14H14ClNS/c15-14-6-5-12(17-14)9-16-8-11-7-10-3-1-2-4-13(10)11/h1-6,11,16H,7-9H2. The Hall–Kier alpha value is -0.830. The van der Waals surface area contributed by atoms with E-state index in [0.717, 1.165) is 17.4 Å². The molecule has 17 heavy (non-hydrogen) atoms. The Bertz CT molecular complexity index is 520. The summed E-state index contributed by atoms with van der Waals surface area (Å²) in [5, 5.41) is 3.51. The first-order chi connectivity index (χ1) is 8.33. The lowest BCUT2D eigenvalue weighted by atomic mass is 9.77. The normalized spacial score (nSPS) is 17.6. The lowest BCUT2D eigenvalue weighted by Crippen LogP contribution is -2.28. The molecular formula is C14H14ClNS. The summed E-state index contributed by atoms with van der Waals surface area (Å²) in [6.45, 7) is 1.99. The number of fused-ring (bicyclic) bond motifs is 1. The third kappa shape index (κ3) is 2.39. The average molecular weight is 264 g/mol. The van der Waals surface area contributed by atoms with E-state index in [1.807, 2.05) is 6.07 Å². The van der Waals surface area contributed by atoms with Gasteiger partial charge in [0.05, 0.1) is 4.34 Å². The highest BCUT2D eigenvalue weighted by Gasteiger charge is 2.24. The van der Waals surface area contributed by atoms with Crippen LogP contribution in [0.4, 0.5) is 0 Å².